The predicted molar refractivity (Wildman–Crippen MR) is 172 cm³/mol. The molecule has 0 bridgehead atoms. The number of anilines is 2. The molecule has 0 unspecified atom stereocenters. The summed E-state index contributed by atoms with van der Waals surface area (Å²) in [5.74, 6) is 0.356. The molecule has 0 saturated heterocycles. The summed E-state index contributed by atoms with van der Waals surface area (Å²) in [5.41, 5.74) is 4.56. The third-order valence-electron chi connectivity index (χ3n) is 8.03. The Hall–Kier alpha value is -4.99. The lowest BCUT2D eigenvalue weighted by molar-refractivity contribution is -0.136. The summed E-state index contributed by atoms with van der Waals surface area (Å²) in [5, 5.41) is 18.5. The summed E-state index contributed by atoms with van der Waals surface area (Å²) >= 11 is 0. The van der Waals surface area contributed by atoms with Crippen LogP contribution in [0.4, 0.5) is 16.2 Å². The van der Waals surface area contributed by atoms with E-state index in [1.165, 1.54) is 37.7 Å². The molecule has 0 radical (unpaired) electrons. The maximum Gasteiger partial charge on any atom is 0.326 e. The van der Waals surface area contributed by atoms with Crippen molar-refractivity contribution in [2.45, 2.75) is 70.8 Å². The van der Waals surface area contributed by atoms with E-state index in [1.54, 1.807) is 35.2 Å². The van der Waals surface area contributed by atoms with E-state index >= 15 is 0 Å². The minimum Gasteiger partial charge on any atom is -0.481 e. The zero-order valence-corrected chi connectivity index (χ0v) is 25.7. The molecule has 4 aromatic rings. The summed E-state index contributed by atoms with van der Waals surface area (Å²) in [6.07, 6.45) is 6.01. The molecule has 45 heavy (non-hydrogen) atoms. The van der Waals surface area contributed by atoms with Gasteiger partial charge in [0.15, 0.2) is 5.82 Å². The van der Waals surface area contributed by atoms with Crippen LogP contribution in [0.15, 0.2) is 77.3 Å². The van der Waals surface area contributed by atoms with Gasteiger partial charge in [-0.1, -0.05) is 68.6 Å². The maximum absolute atomic E-state index is 13.8. The number of nitrogens with zero attached hydrogens (tertiary/aromatic N) is 3. The van der Waals surface area contributed by atoms with Crippen molar-refractivity contribution in [2.75, 3.05) is 16.8 Å². The van der Waals surface area contributed by atoms with E-state index in [0.717, 1.165) is 11.3 Å². The molecule has 1 fully saturated rings. The van der Waals surface area contributed by atoms with Crippen molar-refractivity contribution < 1.29 is 24.0 Å². The molecule has 3 aromatic carbocycles. The van der Waals surface area contributed by atoms with Crippen LogP contribution < -0.4 is 15.5 Å². The average molecular weight is 610 g/mol. The van der Waals surface area contributed by atoms with Gasteiger partial charge in [-0.25, -0.2) is 4.79 Å². The van der Waals surface area contributed by atoms with Crippen LogP contribution in [0.2, 0.25) is 0 Å². The lowest BCUT2D eigenvalue weighted by Crippen LogP contribution is -2.34. The van der Waals surface area contributed by atoms with Gasteiger partial charge in [0.2, 0.25) is 0 Å². The molecule has 1 aromatic heterocycles. The first-order chi connectivity index (χ1) is 21.8. The van der Waals surface area contributed by atoms with E-state index in [9.17, 15) is 14.4 Å². The van der Waals surface area contributed by atoms with Gasteiger partial charge in [-0.05, 0) is 72.4 Å². The van der Waals surface area contributed by atoms with Crippen LogP contribution in [0.1, 0.15) is 91.5 Å². The quantitative estimate of drug-likeness (QED) is 0.162. The fourth-order valence-corrected chi connectivity index (χ4v) is 5.48. The first-order valence-electron chi connectivity index (χ1n) is 15.5. The molecule has 0 atom stereocenters. The second kappa shape index (κ2) is 14.7. The normalized spacial score (nSPS) is 13.4. The Bertz CT molecular complexity index is 1610. The Morgan fingerprint density at radius 1 is 0.978 bits per heavy atom. The second-order valence-electron chi connectivity index (χ2n) is 11.7. The van der Waals surface area contributed by atoms with Gasteiger partial charge in [-0.3, -0.25) is 14.5 Å². The topological polar surface area (TPSA) is 138 Å². The number of benzene rings is 3. The molecule has 234 valence electrons. The summed E-state index contributed by atoms with van der Waals surface area (Å²) in [7, 11) is 0. The van der Waals surface area contributed by atoms with Crippen molar-refractivity contribution in [1.82, 2.24) is 15.5 Å². The van der Waals surface area contributed by atoms with Crippen LogP contribution in [-0.4, -0.2) is 39.7 Å². The van der Waals surface area contributed by atoms with Crippen molar-refractivity contribution in [2.24, 2.45) is 0 Å². The fraction of sp³-hybridized carbons (Fsp3) is 0.343. The molecule has 1 aliphatic carbocycles. The van der Waals surface area contributed by atoms with Gasteiger partial charge in [-0.2, -0.15) is 4.98 Å². The summed E-state index contributed by atoms with van der Waals surface area (Å²) in [6, 6.07) is 22.2. The van der Waals surface area contributed by atoms with Crippen molar-refractivity contribution in [3.63, 3.8) is 0 Å². The smallest absolute Gasteiger partial charge is 0.326 e. The highest BCUT2D eigenvalue weighted by atomic mass is 16.5. The zero-order valence-electron chi connectivity index (χ0n) is 25.7. The van der Waals surface area contributed by atoms with Crippen LogP contribution in [-0.2, 0) is 11.3 Å². The standard InChI is InChI=1S/C35H39N5O5/c1-23(2)32-38-34(45-39-32)28-9-6-10-29(21-28)37-35(44)40(30-17-15-26(16-18-30)25-7-4-3-5-8-25)22-24-11-13-27(14-12-24)33(43)36-20-19-31(41)42/h6,9-18,21,23,25H,3-5,7-8,19-20,22H2,1-2H3,(H,36,43)(H,37,44)(H,41,42). The minimum atomic E-state index is -0.975. The number of aliphatic carboxylic acids is 1. The molecule has 1 aliphatic rings. The number of carboxylic acids is 1. The summed E-state index contributed by atoms with van der Waals surface area (Å²) < 4.78 is 5.45. The number of hydrogen-bond acceptors (Lipinski definition) is 6. The highest BCUT2D eigenvalue weighted by molar-refractivity contribution is 6.02. The molecule has 5 rings (SSSR count). The van der Waals surface area contributed by atoms with E-state index in [-0.39, 0.29) is 37.4 Å². The molecule has 0 spiro atoms. The first kappa shape index (κ1) is 31.4. The SMILES string of the molecule is CC(C)c1noc(-c2cccc(NC(=O)N(Cc3ccc(C(=O)NCCC(=O)O)cc3)c3ccc(C4CCCCC4)cc3)c2)n1. The molecule has 0 aliphatic heterocycles. The highest BCUT2D eigenvalue weighted by Gasteiger charge is 2.20. The summed E-state index contributed by atoms with van der Waals surface area (Å²) in [4.78, 5) is 43.2. The van der Waals surface area contributed by atoms with Crippen molar-refractivity contribution in [3.05, 3.63) is 95.3 Å². The number of carboxylic acid groups (broad SMARTS) is 1. The van der Waals surface area contributed by atoms with Crippen molar-refractivity contribution >= 4 is 29.3 Å². The molecular formula is C35H39N5O5. The number of hydrogen-bond donors (Lipinski definition) is 3. The Balaban J connectivity index is 1.35. The molecule has 10 heteroatoms. The van der Waals surface area contributed by atoms with Gasteiger partial charge in [-0.15, -0.1) is 0 Å². The van der Waals surface area contributed by atoms with E-state index < -0.39 is 5.97 Å². The Morgan fingerprint density at radius 2 is 1.71 bits per heavy atom. The molecule has 1 heterocycles. The molecule has 1 saturated carbocycles. The number of nitrogens with one attached hydrogen (secondary N) is 2. The van der Waals surface area contributed by atoms with Gasteiger partial charge < -0.3 is 20.3 Å². The molecule has 3 amide bonds. The van der Waals surface area contributed by atoms with Gasteiger partial charge in [0.05, 0.1) is 13.0 Å². The number of amides is 3. The zero-order chi connectivity index (χ0) is 31.8. The van der Waals surface area contributed by atoms with Gasteiger partial charge in [0.1, 0.15) is 0 Å². The number of rotatable bonds is 11. The van der Waals surface area contributed by atoms with E-state index in [4.69, 9.17) is 9.63 Å². The van der Waals surface area contributed by atoms with Gasteiger partial charge in [0.25, 0.3) is 11.8 Å². The monoisotopic (exact) mass is 609 g/mol. The maximum atomic E-state index is 13.8. The van der Waals surface area contributed by atoms with Crippen LogP contribution in [0.5, 0.6) is 0 Å². The van der Waals surface area contributed by atoms with Crippen LogP contribution >= 0.6 is 0 Å². The van der Waals surface area contributed by atoms with Gasteiger partial charge >= 0.3 is 12.0 Å². The lowest BCUT2D eigenvalue weighted by atomic mass is 9.84. The number of carbonyl (C=O) groups is 3. The second-order valence-corrected chi connectivity index (χ2v) is 11.7. The Labute approximate surface area is 262 Å². The molecule has 3 N–H and O–H groups in total. The third-order valence-corrected chi connectivity index (χ3v) is 8.03. The number of aromatic nitrogens is 2. The largest absolute Gasteiger partial charge is 0.481 e. The lowest BCUT2D eigenvalue weighted by Gasteiger charge is -2.26. The third kappa shape index (κ3) is 8.35. The number of urea groups is 1. The van der Waals surface area contributed by atoms with Crippen molar-refractivity contribution in [1.29, 1.82) is 0 Å². The molecular weight excluding hydrogens is 570 g/mol. The fourth-order valence-electron chi connectivity index (χ4n) is 5.48. The highest BCUT2D eigenvalue weighted by Crippen LogP contribution is 2.34. The Kier molecular flexibility index (Phi) is 10.2. The number of carbonyl (C=O) groups excluding carboxylic acids is 2. The first-order valence-corrected chi connectivity index (χ1v) is 15.5. The van der Waals surface area contributed by atoms with E-state index in [0.29, 0.717) is 34.4 Å². The average Bonchev–Trinajstić information content (AvgIpc) is 3.56. The summed E-state index contributed by atoms with van der Waals surface area (Å²) in [6.45, 7) is 4.29. The van der Waals surface area contributed by atoms with Crippen LogP contribution in [0.25, 0.3) is 11.5 Å². The van der Waals surface area contributed by atoms with E-state index in [1.807, 2.05) is 44.2 Å². The Morgan fingerprint density at radius 3 is 2.38 bits per heavy atom. The minimum absolute atomic E-state index is 0.0489. The van der Waals surface area contributed by atoms with Crippen molar-refractivity contribution in [3.8, 4) is 11.5 Å². The van der Waals surface area contributed by atoms with E-state index in [2.05, 4.69) is 32.9 Å². The van der Waals surface area contributed by atoms with Gasteiger partial charge in [0, 0.05) is 35.0 Å². The van der Waals surface area contributed by atoms with Crippen LogP contribution in [0, 0.1) is 0 Å². The van der Waals surface area contributed by atoms with Crippen LogP contribution in [0.3, 0.4) is 0 Å². The molecule has 10 nitrogen and oxygen atoms in total. The predicted octanol–water partition coefficient (Wildman–Crippen LogP) is 7.35.